The summed E-state index contributed by atoms with van der Waals surface area (Å²) in [6, 6.07) is 13.0. The van der Waals surface area contributed by atoms with Gasteiger partial charge in [0.2, 0.25) is 0 Å². The van der Waals surface area contributed by atoms with E-state index in [1.807, 2.05) is 0 Å². The Labute approximate surface area is 184 Å². The molecule has 0 unspecified atom stereocenters. The molecule has 2 aromatic carbocycles. The van der Waals surface area contributed by atoms with Gasteiger partial charge in [-0.3, -0.25) is 9.59 Å². The molecule has 0 atom stereocenters. The fourth-order valence-electron chi connectivity index (χ4n) is 3.57. The quantitative estimate of drug-likeness (QED) is 0.625. The number of carbonyl (C=O) groups is 2. The number of rotatable bonds is 3. The van der Waals surface area contributed by atoms with Crippen molar-refractivity contribution in [2.45, 2.75) is 13.3 Å². The summed E-state index contributed by atoms with van der Waals surface area (Å²) in [6.07, 6.45) is 0.591. The zero-order valence-electron chi connectivity index (χ0n) is 17.0. The topological polar surface area (TPSA) is 71.3 Å². The van der Waals surface area contributed by atoms with Crippen molar-refractivity contribution in [3.63, 3.8) is 0 Å². The van der Waals surface area contributed by atoms with Gasteiger partial charge in [-0.05, 0) is 43.7 Å². The summed E-state index contributed by atoms with van der Waals surface area (Å²) >= 11 is 6.04. The molecule has 7 nitrogen and oxygen atoms in total. The van der Waals surface area contributed by atoms with Crippen molar-refractivity contribution in [1.29, 1.82) is 0 Å². The summed E-state index contributed by atoms with van der Waals surface area (Å²) in [7, 11) is 0. The molecule has 0 aliphatic carbocycles. The van der Waals surface area contributed by atoms with E-state index in [1.54, 1.807) is 53.1 Å². The molecule has 0 radical (unpaired) electrons. The molecule has 3 aromatic rings. The summed E-state index contributed by atoms with van der Waals surface area (Å²) in [5.41, 5.74) is 1.47. The monoisotopic (exact) mass is 441 g/mol. The maximum atomic E-state index is 14.0. The molecule has 1 aromatic heterocycles. The SMILES string of the molecule is Cc1nn(-c2cccc(Cl)c2)nc1C(=O)N1CCCN(C(=O)c2ccccc2F)CC1. The average Bonchev–Trinajstić information content (AvgIpc) is 2.99. The molecule has 2 amide bonds. The summed E-state index contributed by atoms with van der Waals surface area (Å²) in [5, 5.41) is 9.26. The van der Waals surface area contributed by atoms with Crippen LogP contribution in [-0.2, 0) is 0 Å². The smallest absolute Gasteiger partial charge is 0.276 e. The van der Waals surface area contributed by atoms with Crippen molar-refractivity contribution in [2.75, 3.05) is 26.2 Å². The van der Waals surface area contributed by atoms with Crippen molar-refractivity contribution < 1.29 is 14.0 Å². The van der Waals surface area contributed by atoms with Gasteiger partial charge >= 0.3 is 0 Å². The molecular weight excluding hydrogens is 421 g/mol. The van der Waals surface area contributed by atoms with Gasteiger partial charge in [0.05, 0.1) is 16.9 Å². The normalized spacial score (nSPS) is 14.4. The predicted molar refractivity (Wildman–Crippen MR) is 114 cm³/mol. The van der Waals surface area contributed by atoms with Gasteiger partial charge in [0, 0.05) is 31.2 Å². The molecule has 9 heteroatoms. The van der Waals surface area contributed by atoms with Gasteiger partial charge in [-0.25, -0.2) is 4.39 Å². The third-order valence-corrected chi connectivity index (χ3v) is 5.43. The molecule has 2 heterocycles. The second kappa shape index (κ2) is 8.85. The van der Waals surface area contributed by atoms with E-state index >= 15 is 0 Å². The van der Waals surface area contributed by atoms with Crippen molar-refractivity contribution in [2.24, 2.45) is 0 Å². The number of carbonyl (C=O) groups excluding carboxylic acids is 2. The predicted octanol–water partition coefficient (Wildman–Crippen LogP) is 3.36. The summed E-state index contributed by atoms with van der Waals surface area (Å²) in [4.78, 5) is 30.4. The Morgan fingerprint density at radius 3 is 2.35 bits per heavy atom. The standard InChI is InChI=1S/C22H21ClFN5O2/c1-15-20(26-29(25-15)17-7-4-6-16(23)14-17)22(31)28-11-5-10-27(12-13-28)21(30)18-8-2-3-9-19(18)24/h2-4,6-9,14H,5,10-13H2,1H3. The van der Waals surface area contributed by atoms with Gasteiger partial charge in [0.15, 0.2) is 5.69 Å². The Balaban J connectivity index is 1.48. The lowest BCUT2D eigenvalue weighted by atomic mass is 10.2. The van der Waals surface area contributed by atoms with Gasteiger partial charge in [-0.2, -0.15) is 9.90 Å². The van der Waals surface area contributed by atoms with Crippen molar-refractivity contribution in [3.05, 3.63) is 76.3 Å². The number of hydrogen-bond donors (Lipinski definition) is 0. The molecule has 0 spiro atoms. The highest BCUT2D eigenvalue weighted by atomic mass is 35.5. The number of amides is 2. The number of nitrogens with zero attached hydrogens (tertiary/aromatic N) is 5. The number of halogens is 2. The Morgan fingerprint density at radius 2 is 1.65 bits per heavy atom. The lowest BCUT2D eigenvalue weighted by molar-refractivity contribution is 0.0712. The van der Waals surface area contributed by atoms with Gasteiger partial charge in [-0.15, -0.1) is 5.10 Å². The van der Waals surface area contributed by atoms with Crippen LogP contribution in [0.25, 0.3) is 5.69 Å². The fourth-order valence-corrected chi connectivity index (χ4v) is 3.76. The molecular formula is C22H21ClFN5O2. The van der Waals surface area contributed by atoms with Gasteiger partial charge in [0.25, 0.3) is 11.8 Å². The van der Waals surface area contributed by atoms with Crippen LogP contribution in [0.1, 0.15) is 33.0 Å². The molecule has 1 fully saturated rings. The molecule has 1 aliphatic heterocycles. The first-order chi connectivity index (χ1) is 14.9. The maximum Gasteiger partial charge on any atom is 0.276 e. The van der Waals surface area contributed by atoms with Crippen LogP contribution < -0.4 is 0 Å². The van der Waals surface area contributed by atoms with Crippen molar-refractivity contribution in [3.8, 4) is 5.69 Å². The van der Waals surface area contributed by atoms with Gasteiger partial charge in [-0.1, -0.05) is 29.8 Å². The minimum absolute atomic E-state index is 0.0441. The van der Waals surface area contributed by atoms with Crippen LogP contribution in [0.4, 0.5) is 4.39 Å². The molecule has 0 bridgehead atoms. The van der Waals surface area contributed by atoms with Gasteiger partial charge < -0.3 is 9.80 Å². The number of aryl methyl sites for hydroxylation is 1. The Hall–Kier alpha value is -3.26. The highest BCUT2D eigenvalue weighted by Gasteiger charge is 2.27. The largest absolute Gasteiger partial charge is 0.337 e. The first-order valence-electron chi connectivity index (χ1n) is 9.97. The molecule has 160 valence electrons. The summed E-state index contributed by atoms with van der Waals surface area (Å²) < 4.78 is 14.0. The molecule has 0 saturated carbocycles. The molecule has 31 heavy (non-hydrogen) atoms. The number of benzene rings is 2. The lowest BCUT2D eigenvalue weighted by Crippen LogP contribution is -2.38. The summed E-state index contributed by atoms with van der Waals surface area (Å²) in [5.74, 6) is -1.15. The van der Waals surface area contributed by atoms with Crippen LogP contribution in [-0.4, -0.2) is 62.8 Å². The van der Waals surface area contributed by atoms with Crippen LogP contribution >= 0.6 is 11.6 Å². The Morgan fingerprint density at radius 1 is 0.935 bits per heavy atom. The molecule has 1 saturated heterocycles. The maximum absolute atomic E-state index is 14.0. The highest BCUT2D eigenvalue weighted by Crippen LogP contribution is 2.17. The van der Waals surface area contributed by atoms with E-state index in [1.165, 1.54) is 16.9 Å². The van der Waals surface area contributed by atoms with E-state index in [-0.39, 0.29) is 23.1 Å². The van der Waals surface area contributed by atoms with Crippen LogP contribution in [0.2, 0.25) is 5.02 Å². The van der Waals surface area contributed by atoms with E-state index in [9.17, 15) is 14.0 Å². The first kappa shape index (κ1) is 21.0. The van der Waals surface area contributed by atoms with E-state index in [0.717, 1.165) is 0 Å². The third kappa shape index (κ3) is 4.44. The van der Waals surface area contributed by atoms with Crippen LogP contribution in [0.15, 0.2) is 48.5 Å². The lowest BCUT2D eigenvalue weighted by Gasteiger charge is -2.22. The third-order valence-electron chi connectivity index (χ3n) is 5.20. The fraction of sp³-hybridized carbons (Fsp3) is 0.273. The zero-order chi connectivity index (χ0) is 22.0. The zero-order valence-corrected chi connectivity index (χ0v) is 17.7. The molecule has 0 N–H and O–H groups in total. The van der Waals surface area contributed by atoms with E-state index in [2.05, 4.69) is 10.2 Å². The first-order valence-corrected chi connectivity index (χ1v) is 10.3. The minimum atomic E-state index is -0.544. The van der Waals surface area contributed by atoms with E-state index < -0.39 is 5.82 Å². The van der Waals surface area contributed by atoms with E-state index in [4.69, 9.17) is 11.6 Å². The van der Waals surface area contributed by atoms with Crippen molar-refractivity contribution in [1.82, 2.24) is 24.8 Å². The number of hydrogen-bond acceptors (Lipinski definition) is 4. The second-order valence-corrected chi connectivity index (χ2v) is 7.76. The van der Waals surface area contributed by atoms with Crippen molar-refractivity contribution >= 4 is 23.4 Å². The van der Waals surface area contributed by atoms with Crippen LogP contribution in [0, 0.1) is 12.7 Å². The number of aromatic nitrogens is 3. The summed E-state index contributed by atoms with van der Waals surface area (Å²) in [6.45, 7) is 3.31. The Kier molecular flexibility index (Phi) is 5.99. The highest BCUT2D eigenvalue weighted by molar-refractivity contribution is 6.30. The molecule has 4 rings (SSSR count). The van der Waals surface area contributed by atoms with E-state index in [0.29, 0.717) is 49.0 Å². The molecule has 1 aliphatic rings. The second-order valence-electron chi connectivity index (χ2n) is 7.32. The van der Waals surface area contributed by atoms with Crippen LogP contribution in [0.3, 0.4) is 0 Å². The van der Waals surface area contributed by atoms with Crippen LogP contribution in [0.5, 0.6) is 0 Å². The van der Waals surface area contributed by atoms with Gasteiger partial charge in [0.1, 0.15) is 5.82 Å². The average molecular weight is 442 g/mol. The minimum Gasteiger partial charge on any atom is -0.337 e. The Bertz CT molecular complexity index is 1130.